The number of sulfonamides is 1. The predicted molar refractivity (Wildman–Crippen MR) is 89.4 cm³/mol. The van der Waals surface area contributed by atoms with Crippen LogP contribution in [0.2, 0.25) is 0 Å². The molecular formula is C14H21NO8S2. The molecule has 9 nitrogen and oxygen atoms in total. The van der Waals surface area contributed by atoms with Gasteiger partial charge in [0, 0.05) is 12.3 Å². The van der Waals surface area contributed by atoms with E-state index >= 15 is 0 Å². The lowest BCUT2D eigenvalue weighted by molar-refractivity contribution is -0.156. The molecule has 0 radical (unpaired) electrons. The molecule has 1 fully saturated rings. The maximum Gasteiger partial charge on any atom is 0.326 e. The van der Waals surface area contributed by atoms with E-state index in [4.69, 9.17) is 14.2 Å². The van der Waals surface area contributed by atoms with Crippen molar-refractivity contribution in [2.24, 2.45) is 5.92 Å². The Labute approximate surface area is 150 Å². The van der Waals surface area contributed by atoms with Crippen molar-refractivity contribution in [3.63, 3.8) is 0 Å². The summed E-state index contributed by atoms with van der Waals surface area (Å²) in [6, 6.07) is 0. The summed E-state index contributed by atoms with van der Waals surface area (Å²) in [6.07, 6.45) is 3.33. The second-order valence-electron chi connectivity index (χ2n) is 5.76. The van der Waals surface area contributed by atoms with Crippen LogP contribution in [0.4, 0.5) is 0 Å². The van der Waals surface area contributed by atoms with E-state index in [1.54, 1.807) is 12.2 Å². The smallest absolute Gasteiger partial charge is 0.326 e. The maximum atomic E-state index is 12.6. The highest BCUT2D eigenvalue weighted by atomic mass is 32.2. The molecule has 2 aliphatic rings. The Kier molecular flexibility index (Phi) is 5.84. The first kappa shape index (κ1) is 20.2. The Morgan fingerprint density at radius 1 is 1.36 bits per heavy atom. The summed E-state index contributed by atoms with van der Waals surface area (Å²) >= 11 is 1.03. The van der Waals surface area contributed by atoms with Crippen LogP contribution in [0.25, 0.3) is 0 Å². The van der Waals surface area contributed by atoms with Crippen LogP contribution in [0.3, 0.4) is 0 Å². The molecule has 0 spiro atoms. The van der Waals surface area contributed by atoms with Crippen LogP contribution in [-0.2, 0) is 33.8 Å². The molecule has 2 heterocycles. The largest absolute Gasteiger partial charge is 0.469 e. The van der Waals surface area contributed by atoms with Gasteiger partial charge in [0.15, 0.2) is 4.75 Å². The Hall–Kier alpha value is -1.14. The fraction of sp³-hybridized carbons (Fsp3) is 0.714. The van der Waals surface area contributed by atoms with Gasteiger partial charge >= 0.3 is 11.9 Å². The molecule has 142 valence electrons. The molecule has 0 aromatic rings. The van der Waals surface area contributed by atoms with Crippen molar-refractivity contribution in [1.29, 1.82) is 0 Å². The van der Waals surface area contributed by atoms with Crippen molar-refractivity contribution in [2.75, 3.05) is 39.4 Å². The Balaban J connectivity index is 2.51. The molecule has 0 aliphatic carbocycles. The van der Waals surface area contributed by atoms with Crippen molar-refractivity contribution < 1.29 is 37.3 Å². The van der Waals surface area contributed by atoms with Gasteiger partial charge in [-0.3, -0.25) is 9.59 Å². The van der Waals surface area contributed by atoms with Crippen molar-refractivity contribution in [3.05, 3.63) is 12.2 Å². The second kappa shape index (κ2) is 7.23. The third-order valence-electron chi connectivity index (χ3n) is 4.22. The number of hydrogen-bond acceptors (Lipinski definition) is 9. The Morgan fingerprint density at radius 2 is 2.04 bits per heavy atom. The lowest BCUT2D eigenvalue weighted by atomic mass is 9.74. The van der Waals surface area contributed by atoms with Crippen LogP contribution in [0.1, 0.15) is 0 Å². The summed E-state index contributed by atoms with van der Waals surface area (Å²) in [5, 5.41) is 9.18. The van der Waals surface area contributed by atoms with Gasteiger partial charge in [-0.05, 0) is 0 Å². The number of hydrogen-bond donors (Lipinski definition) is 2. The van der Waals surface area contributed by atoms with E-state index in [1.807, 2.05) is 0 Å². The highest BCUT2D eigenvalue weighted by Gasteiger charge is 2.72. The summed E-state index contributed by atoms with van der Waals surface area (Å²) in [6.45, 7) is -0.459. The van der Waals surface area contributed by atoms with Crippen molar-refractivity contribution in [3.8, 4) is 0 Å². The van der Waals surface area contributed by atoms with Crippen LogP contribution < -0.4 is 4.72 Å². The minimum absolute atomic E-state index is 0.159. The number of carbonyl (C=O) groups excluding carboxylic acids is 2. The van der Waals surface area contributed by atoms with Gasteiger partial charge in [0.2, 0.25) is 10.0 Å². The summed E-state index contributed by atoms with van der Waals surface area (Å²) in [7, 11) is -1.19. The molecule has 0 unspecified atom stereocenters. The molecule has 1 saturated heterocycles. The minimum atomic E-state index is -3.56. The number of aliphatic hydroxyl groups excluding tert-OH is 1. The van der Waals surface area contributed by atoms with Crippen LogP contribution in [0.15, 0.2) is 12.2 Å². The molecule has 2 aliphatic heterocycles. The number of esters is 2. The average molecular weight is 395 g/mol. The lowest BCUT2D eigenvalue weighted by Gasteiger charge is -2.38. The lowest BCUT2D eigenvalue weighted by Crippen LogP contribution is -2.58. The number of rotatable bonds is 8. The molecule has 11 heteroatoms. The highest BCUT2D eigenvalue weighted by molar-refractivity contribution is 8.01. The van der Waals surface area contributed by atoms with E-state index in [0.29, 0.717) is 0 Å². The van der Waals surface area contributed by atoms with Crippen LogP contribution >= 0.6 is 11.8 Å². The summed E-state index contributed by atoms with van der Waals surface area (Å²) in [5.41, 5.74) is -1.38. The number of fused-ring (bicyclic) bond motifs is 2. The number of methoxy groups -OCH3 is 2. The number of nitrogens with one attached hydrogen (secondary N) is 1. The van der Waals surface area contributed by atoms with Gasteiger partial charge in [-0.1, -0.05) is 12.2 Å². The minimum Gasteiger partial charge on any atom is -0.469 e. The zero-order valence-corrected chi connectivity index (χ0v) is 15.7. The van der Waals surface area contributed by atoms with Gasteiger partial charge < -0.3 is 19.3 Å². The predicted octanol–water partition coefficient (Wildman–Crippen LogP) is -1.33. The van der Waals surface area contributed by atoms with Gasteiger partial charge in [0.05, 0.1) is 27.1 Å². The first-order valence-corrected chi connectivity index (χ1v) is 10.3. The van der Waals surface area contributed by atoms with Gasteiger partial charge in [-0.25, -0.2) is 13.1 Å². The van der Waals surface area contributed by atoms with E-state index in [2.05, 4.69) is 4.72 Å². The van der Waals surface area contributed by atoms with Crippen molar-refractivity contribution in [2.45, 2.75) is 16.5 Å². The zero-order chi connectivity index (χ0) is 18.9. The molecule has 0 amide bonds. The zero-order valence-electron chi connectivity index (χ0n) is 14.1. The Morgan fingerprint density at radius 3 is 2.56 bits per heavy atom. The highest BCUT2D eigenvalue weighted by Crippen LogP contribution is 2.56. The topological polar surface area (TPSA) is 128 Å². The molecule has 0 saturated carbocycles. The second-order valence-corrected chi connectivity index (χ2v) is 8.96. The molecule has 2 bridgehead atoms. The van der Waals surface area contributed by atoms with Crippen LogP contribution in [0, 0.1) is 5.92 Å². The average Bonchev–Trinajstić information content (AvgIpc) is 3.11. The van der Waals surface area contributed by atoms with Crippen LogP contribution in [0.5, 0.6) is 0 Å². The van der Waals surface area contributed by atoms with Crippen molar-refractivity contribution in [1.82, 2.24) is 4.72 Å². The van der Waals surface area contributed by atoms with Gasteiger partial charge in [-0.2, -0.15) is 0 Å². The standard InChI is InChI=1S/C14H21NO8S2/c1-21-11(17)10-13(8-15-25(3,19)20)5-4-9(23-13)14(10,12(18)22-2)24-7-6-16/h4-5,9-10,15-16H,6-8H2,1-3H3/t9-,10-,13-,14-/m1/s1. The third kappa shape index (κ3) is 3.43. The number of carbonyl (C=O) groups is 2. The number of thioether (sulfide) groups is 1. The number of ether oxygens (including phenoxy) is 3. The summed E-state index contributed by atoms with van der Waals surface area (Å²) in [4.78, 5) is 25.2. The van der Waals surface area contributed by atoms with E-state index < -0.39 is 44.3 Å². The molecule has 0 aromatic carbocycles. The molecule has 25 heavy (non-hydrogen) atoms. The fourth-order valence-electron chi connectivity index (χ4n) is 3.26. The fourth-order valence-corrected chi connectivity index (χ4v) is 5.13. The SMILES string of the molecule is COC(=O)[C@H]1[C@@](SCCO)(C(=O)OC)[C@H]2C=C[C@]1(CNS(C)(=O)=O)O2. The maximum absolute atomic E-state index is 12.6. The summed E-state index contributed by atoms with van der Waals surface area (Å²) in [5.74, 6) is -2.40. The van der Waals surface area contributed by atoms with Gasteiger partial charge in [0.25, 0.3) is 0 Å². The van der Waals surface area contributed by atoms with E-state index in [-0.39, 0.29) is 18.9 Å². The number of aliphatic hydroxyl groups is 1. The van der Waals surface area contributed by atoms with Crippen LogP contribution in [-0.4, -0.2) is 81.3 Å². The third-order valence-corrected chi connectivity index (χ3v) is 6.39. The molecular weight excluding hydrogens is 374 g/mol. The first-order chi connectivity index (χ1) is 11.7. The van der Waals surface area contributed by atoms with Gasteiger partial charge in [0.1, 0.15) is 17.6 Å². The molecule has 2 rings (SSSR count). The first-order valence-electron chi connectivity index (χ1n) is 7.39. The molecule has 4 atom stereocenters. The van der Waals surface area contributed by atoms with E-state index in [1.165, 1.54) is 14.2 Å². The Bertz CT molecular complexity index is 678. The van der Waals surface area contributed by atoms with Gasteiger partial charge in [-0.15, -0.1) is 11.8 Å². The monoisotopic (exact) mass is 395 g/mol. The molecule has 2 N–H and O–H groups in total. The quantitative estimate of drug-likeness (QED) is 0.379. The van der Waals surface area contributed by atoms with Crippen molar-refractivity contribution >= 4 is 33.7 Å². The van der Waals surface area contributed by atoms with E-state index in [0.717, 1.165) is 18.0 Å². The normalized spacial score (nSPS) is 33.4. The summed E-state index contributed by atoms with van der Waals surface area (Å²) < 4.78 is 39.5. The van der Waals surface area contributed by atoms with E-state index in [9.17, 15) is 23.1 Å². The molecule has 0 aromatic heterocycles.